The van der Waals surface area contributed by atoms with E-state index in [9.17, 15) is 9.59 Å². The summed E-state index contributed by atoms with van der Waals surface area (Å²) in [5, 5.41) is 3.51. The van der Waals surface area contributed by atoms with Crippen molar-refractivity contribution in [1.29, 1.82) is 0 Å². The average Bonchev–Trinajstić information content (AvgIpc) is 3.39. The maximum atomic E-state index is 13.0. The third-order valence-corrected chi connectivity index (χ3v) is 7.12. The van der Waals surface area contributed by atoms with Crippen LogP contribution in [0.15, 0.2) is 60.7 Å². The van der Waals surface area contributed by atoms with Crippen LogP contribution in [0, 0.1) is 0 Å². The molecule has 0 fully saturated rings. The van der Waals surface area contributed by atoms with Gasteiger partial charge in [0.25, 0.3) is 11.8 Å². The number of quaternary nitrogens is 1. The fraction of sp³-hybridized carbons (Fsp3) is 0.214. The number of fused-ring (bicyclic) bond motifs is 4. The average molecular weight is 469 g/mol. The van der Waals surface area contributed by atoms with Gasteiger partial charge in [-0.25, -0.2) is 0 Å². The number of ether oxygens (including phenoxy) is 2. The maximum Gasteiger partial charge on any atom is 0.261 e. The molecule has 3 heterocycles. The molecule has 0 bridgehead atoms. The summed E-state index contributed by atoms with van der Waals surface area (Å²) in [6.07, 6.45) is 0.969. The number of nitrogens with zero attached hydrogens (tertiary/aromatic N) is 1. The van der Waals surface area contributed by atoms with E-state index in [0.717, 1.165) is 35.4 Å². The van der Waals surface area contributed by atoms with Gasteiger partial charge in [-0.1, -0.05) is 12.1 Å². The molecule has 2 aliphatic rings. The molecule has 1 atom stereocenters. The molecule has 1 aromatic heterocycles. The summed E-state index contributed by atoms with van der Waals surface area (Å²) in [6.45, 7) is 1.12. The molecule has 2 aliphatic heterocycles. The number of benzene rings is 3. The number of hydrogen-bond acceptors (Lipinski definition) is 4. The largest absolute Gasteiger partial charge is 0.497 e. The summed E-state index contributed by atoms with van der Waals surface area (Å²) >= 11 is 0. The highest BCUT2D eigenvalue weighted by atomic mass is 16.5. The Hall–Kier alpha value is -4.10. The van der Waals surface area contributed by atoms with Crippen molar-refractivity contribution in [2.75, 3.05) is 20.8 Å². The Labute approximate surface area is 202 Å². The molecule has 1 unspecified atom stereocenters. The van der Waals surface area contributed by atoms with Crippen molar-refractivity contribution in [3.63, 3.8) is 0 Å². The summed E-state index contributed by atoms with van der Waals surface area (Å²) in [7, 11) is 3.29. The third kappa shape index (κ3) is 3.39. The van der Waals surface area contributed by atoms with Gasteiger partial charge in [0.15, 0.2) is 6.04 Å². The minimum absolute atomic E-state index is 0.0731. The number of carbonyl (C=O) groups is 2. The fourth-order valence-electron chi connectivity index (χ4n) is 5.39. The zero-order chi connectivity index (χ0) is 24.1. The number of rotatable bonds is 5. The number of nitrogens with one attached hydrogen (secondary N) is 1. The lowest BCUT2D eigenvalue weighted by Crippen LogP contribution is -2.87. The van der Waals surface area contributed by atoms with Crippen LogP contribution in [-0.2, 0) is 13.0 Å². The lowest BCUT2D eigenvalue weighted by Gasteiger charge is -2.23. The number of methoxy groups -OCH3 is 2. The molecule has 0 saturated carbocycles. The highest BCUT2D eigenvalue weighted by Crippen LogP contribution is 2.35. The summed E-state index contributed by atoms with van der Waals surface area (Å²) in [4.78, 5) is 30.8. The molecule has 2 amide bonds. The van der Waals surface area contributed by atoms with Gasteiger partial charge in [-0.2, -0.15) is 0 Å². The summed E-state index contributed by atoms with van der Waals surface area (Å²) < 4.78 is 11.1. The first-order valence-corrected chi connectivity index (χ1v) is 11.7. The molecule has 0 spiro atoms. The Morgan fingerprint density at radius 1 is 0.971 bits per heavy atom. The molecule has 6 rings (SSSR count). The van der Waals surface area contributed by atoms with Crippen molar-refractivity contribution in [2.24, 2.45) is 0 Å². The van der Waals surface area contributed by atoms with E-state index >= 15 is 0 Å². The number of amides is 2. The summed E-state index contributed by atoms with van der Waals surface area (Å²) in [5.41, 5.74) is 6.38. The molecular weight excluding hydrogens is 442 g/mol. The van der Waals surface area contributed by atoms with Crippen LogP contribution in [0.4, 0.5) is 0 Å². The monoisotopic (exact) mass is 468 g/mol. The van der Waals surface area contributed by atoms with E-state index in [2.05, 4.69) is 34.6 Å². The van der Waals surface area contributed by atoms with Crippen LogP contribution in [0.1, 0.15) is 49.1 Å². The van der Waals surface area contributed by atoms with Crippen LogP contribution in [0.5, 0.6) is 11.5 Å². The van der Waals surface area contributed by atoms with Gasteiger partial charge < -0.3 is 19.8 Å². The zero-order valence-electron chi connectivity index (χ0n) is 19.6. The topological polar surface area (TPSA) is 88.2 Å². The van der Waals surface area contributed by atoms with E-state index in [1.54, 1.807) is 38.5 Å². The Morgan fingerprint density at radius 2 is 1.74 bits per heavy atom. The van der Waals surface area contributed by atoms with E-state index in [-0.39, 0.29) is 24.4 Å². The Morgan fingerprint density at radius 3 is 2.46 bits per heavy atom. The van der Waals surface area contributed by atoms with Crippen LogP contribution in [0.3, 0.4) is 0 Å². The first kappa shape index (κ1) is 21.4. The van der Waals surface area contributed by atoms with E-state index in [1.165, 1.54) is 21.5 Å². The second kappa shape index (κ2) is 8.29. The van der Waals surface area contributed by atoms with Gasteiger partial charge in [0, 0.05) is 28.5 Å². The molecule has 7 heteroatoms. The van der Waals surface area contributed by atoms with Gasteiger partial charge in [0.2, 0.25) is 0 Å². The molecule has 0 aliphatic carbocycles. The highest BCUT2D eigenvalue weighted by Gasteiger charge is 2.36. The standard InChI is InChI=1S/C28H25N3O4/c1-34-18-8-9-23-22(14-18)19-11-12-29-25(26(19)30-23)16-7-10-24(35-2)17(13-16)15-31-27(32)20-5-3-4-6-21(20)28(31)33/h3-10,13-14,25,29-30H,11-12,15H2,1-2H3/p+1. The van der Waals surface area contributed by atoms with Crippen molar-refractivity contribution in [3.05, 3.63) is 94.2 Å². The van der Waals surface area contributed by atoms with Crippen LogP contribution in [-0.4, -0.2) is 42.5 Å². The van der Waals surface area contributed by atoms with Crippen molar-refractivity contribution < 1.29 is 24.4 Å². The predicted molar refractivity (Wildman–Crippen MR) is 131 cm³/mol. The fourth-order valence-corrected chi connectivity index (χ4v) is 5.39. The second-order valence-corrected chi connectivity index (χ2v) is 8.99. The molecular formula is C28H26N3O4+. The maximum absolute atomic E-state index is 13.0. The third-order valence-electron chi connectivity index (χ3n) is 7.12. The lowest BCUT2D eigenvalue weighted by atomic mass is 9.93. The van der Waals surface area contributed by atoms with Gasteiger partial charge >= 0.3 is 0 Å². The molecule has 3 aromatic carbocycles. The second-order valence-electron chi connectivity index (χ2n) is 8.99. The van der Waals surface area contributed by atoms with Gasteiger partial charge in [0.05, 0.1) is 44.1 Å². The number of H-pyrrole nitrogens is 1. The SMILES string of the molecule is COc1ccc2[nH]c3c(c2c1)CC[NH2+]C3c1ccc(OC)c(CN2C(=O)c3ccccc3C2=O)c1. The molecule has 0 radical (unpaired) electrons. The lowest BCUT2D eigenvalue weighted by molar-refractivity contribution is -0.690. The summed E-state index contributed by atoms with van der Waals surface area (Å²) in [6, 6.07) is 19.2. The molecule has 3 N–H and O–H groups in total. The van der Waals surface area contributed by atoms with Crippen molar-refractivity contribution in [3.8, 4) is 11.5 Å². The number of imide groups is 1. The first-order chi connectivity index (χ1) is 17.1. The molecule has 7 nitrogen and oxygen atoms in total. The molecule has 176 valence electrons. The number of hydrogen-bond donors (Lipinski definition) is 2. The smallest absolute Gasteiger partial charge is 0.261 e. The minimum atomic E-state index is -0.269. The van der Waals surface area contributed by atoms with Crippen LogP contribution in [0.25, 0.3) is 10.9 Å². The Kier molecular flexibility index (Phi) is 5.07. The number of carbonyl (C=O) groups excluding carboxylic acids is 2. The summed E-state index contributed by atoms with van der Waals surface area (Å²) in [5.74, 6) is 0.962. The molecule has 0 saturated heterocycles. The number of nitrogens with two attached hydrogens (primary N) is 1. The van der Waals surface area contributed by atoms with Crippen LogP contribution < -0.4 is 14.8 Å². The van der Waals surface area contributed by atoms with E-state index < -0.39 is 0 Å². The predicted octanol–water partition coefficient (Wildman–Crippen LogP) is 3.19. The highest BCUT2D eigenvalue weighted by molar-refractivity contribution is 6.21. The van der Waals surface area contributed by atoms with Crippen molar-refractivity contribution >= 4 is 22.7 Å². The number of aromatic amines is 1. The quantitative estimate of drug-likeness (QED) is 0.441. The molecule has 4 aromatic rings. The zero-order valence-corrected chi connectivity index (χ0v) is 19.6. The van der Waals surface area contributed by atoms with Gasteiger partial charge in [0.1, 0.15) is 11.5 Å². The van der Waals surface area contributed by atoms with Crippen LogP contribution in [0.2, 0.25) is 0 Å². The van der Waals surface area contributed by atoms with Crippen molar-refractivity contribution in [2.45, 2.75) is 19.0 Å². The van der Waals surface area contributed by atoms with Gasteiger partial charge in [-0.3, -0.25) is 14.5 Å². The van der Waals surface area contributed by atoms with Gasteiger partial charge in [-0.05, 0) is 54.1 Å². The van der Waals surface area contributed by atoms with E-state index in [4.69, 9.17) is 9.47 Å². The van der Waals surface area contributed by atoms with Crippen molar-refractivity contribution in [1.82, 2.24) is 9.88 Å². The Bertz CT molecular complexity index is 1450. The minimum Gasteiger partial charge on any atom is -0.497 e. The number of aromatic nitrogens is 1. The first-order valence-electron chi connectivity index (χ1n) is 11.7. The van der Waals surface area contributed by atoms with Crippen LogP contribution >= 0.6 is 0 Å². The van der Waals surface area contributed by atoms with E-state index in [0.29, 0.717) is 16.9 Å². The van der Waals surface area contributed by atoms with E-state index in [1.807, 2.05) is 12.1 Å². The normalized spacial score (nSPS) is 17.0. The molecule has 35 heavy (non-hydrogen) atoms. The Balaban J connectivity index is 1.37. The van der Waals surface area contributed by atoms with Gasteiger partial charge in [-0.15, -0.1) is 0 Å².